The van der Waals surface area contributed by atoms with Crippen LogP contribution >= 0.6 is 11.3 Å². The Bertz CT molecular complexity index is 911. The highest BCUT2D eigenvalue weighted by Crippen LogP contribution is 2.35. The van der Waals surface area contributed by atoms with Crippen molar-refractivity contribution in [2.24, 2.45) is 0 Å². The average Bonchev–Trinajstić information content (AvgIpc) is 3.22. The van der Waals surface area contributed by atoms with E-state index in [4.69, 9.17) is 9.47 Å². The molecular formula is C18H16N2O7S. The number of thiophene rings is 1. The fourth-order valence-corrected chi connectivity index (χ4v) is 3.33. The Morgan fingerprint density at radius 1 is 1.32 bits per heavy atom. The van der Waals surface area contributed by atoms with Crippen molar-refractivity contribution >= 4 is 40.4 Å². The lowest BCUT2D eigenvalue weighted by atomic mass is 10.2. The topological polar surface area (TPSA) is 116 Å². The van der Waals surface area contributed by atoms with Crippen LogP contribution in [0.25, 0.3) is 0 Å². The van der Waals surface area contributed by atoms with Crippen molar-refractivity contribution in [2.75, 3.05) is 24.7 Å². The number of amides is 1. The zero-order valence-corrected chi connectivity index (χ0v) is 15.5. The van der Waals surface area contributed by atoms with Crippen molar-refractivity contribution < 1.29 is 28.8 Å². The van der Waals surface area contributed by atoms with E-state index in [-0.39, 0.29) is 42.5 Å². The Morgan fingerprint density at radius 2 is 2.14 bits per heavy atom. The molecule has 1 aliphatic heterocycles. The van der Waals surface area contributed by atoms with Gasteiger partial charge in [0.25, 0.3) is 11.6 Å². The number of hydrogen-bond donors (Lipinski definition) is 0. The van der Waals surface area contributed by atoms with Crippen molar-refractivity contribution in [1.82, 2.24) is 0 Å². The minimum atomic E-state index is -0.670. The molecular weight excluding hydrogens is 388 g/mol. The van der Waals surface area contributed by atoms with Gasteiger partial charge in [-0.2, -0.15) is 0 Å². The normalized spacial score (nSPS) is 12.9. The maximum Gasteiger partial charge on any atom is 0.326 e. The Labute approximate surface area is 163 Å². The number of carbonyl (C=O) groups excluding carboxylic acids is 3. The number of nitrogens with zero attached hydrogens (tertiary/aromatic N) is 2. The summed E-state index contributed by atoms with van der Waals surface area (Å²) in [6.07, 6.45) is 0.612. The second-order valence-corrected chi connectivity index (χ2v) is 6.85. The van der Waals surface area contributed by atoms with Gasteiger partial charge >= 0.3 is 5.97 Å². The van der Waals surface area contributed by atoms with Gasteiger partial charge < -0.3 is 9.47 Å². The third-order valence-corrected chi connectivity index (χ3v) is 4.90. The van der Waals surface area contributed by atoms with Gasteiger partial charge in [0, 0.05) is 18.6 Å². The fourth-order valence-electron chi connectivity index (χ4n) is 2.63. The fraction of sp³-hybridized carbons (Fsp3) is 0.278. The van der Waals surface area contributed by atoms with E-state index in [0.717, 1.165) is 4.90 Å². The summed E-state index contributed by atoms with van der Waals surface area (Å²) >= 11 is 1.35. The Kier molecular flexibility index (Phi) is 5.99. The van der Waals surface area contributed by atoms with E-state index in [1.165, 1.54) is 29.5 Å². The van der Waals surface area contributed by atoms with Crippen LogP contribution in [0.15, 0.2) is 35.7 Å². The maximum absolute atomic E-state index is 12.1. The number of Topliss-reactive ketones (excluding diaryl/α,β-unsaturated/α-hetero) is 1. The summed E-state index contributed by atoms with van der Waals surface area (Å²) in [4.78, 5) is 48.2. The summed E-state index contributed by atoms with van der Waals surface area (Å²) in [7, 11) is 0. The van der Waals surface area contributed by atoms with Gasteiger partial charge in [-0.25, -0.2) is 0 Å². The first-order valence-electron chi connectivity index (χ1n) is 8.39. The van der Waals surface area contributed by atoms with Crippen molar-refractivity contribution in [2.45, 2.75) is 12.8 Å². The Balaban J connectivity index is 1.55. The Morgan fingerprint density at radius 3 is 2.86 bits per heavy atom. The van der Waals surface area contributed by atoms with Crippen molar-refractivity contribution in [3.63, 3.8) is 0 Å². The van der Waals surface area contributed by atoms with Crippen molar-refractivity contribution in [3.8, 4) is 5.75 Å². The number of hydrogen-bond acceptors (Lipinski definition) is 8. The van der Waals surface area contributed by atoms with Gasteiger partial charge in [0.1, 0.15) is 12.3 Å². The first-order chi connectivity index (χ1) is 13.5. The van der Waals surface area contributed by atoms with E-state index >= 15 is 0 Å². The number of fused-ring (bicyclic) bond motifs is 1. The van der Waals surface area contributed by atoms with Crippen LogP contribution in [0.5, 0.6) is 5.75 Å². The molecule has 1 aromatic heterocycles. The number of anilines is 1. The number of ketones is 1. The predicted octanol–water partition coefficient (Wildman–Crippen LogP) is 2.59. The van der Waals surface area contributed by atoms with Crippen LogP contribution in [-0.4, -0.2) is 42.3 Å². The van der Waals surface area contributed by atoms with E-state index < -0.39 is 23.3 Å². The number of rotatable bonds is 8. The molecule has 146 valence electrons. The molecule has 0 saturated heterocycles. The third-order valence-electron chi connectivity index (χ3n) is 3.99. The highest BCUT2D eigenvalue weighted by atomic mass is 32.1. The molecule has 0 unspecified atom stereocenters. The van der Waals surface area contributed by atoms with E-state index in [1.54, 1.807) is 12.1 Å². The monoisotopic (exact) mass is 404 g/mol. The van der Waals surface area contributed by atoms with Gasteiger partial charge in [-0.05, 0) is 23.9 Å². The van der Waals surface area contributed by atoms with Gasteiger partial charge in [-0.15, -0.1) is 11.3 Å². The van der Waals surface area contributed by atoms with Gasteiger partial charge in [0.05, 0.1) is 22.1 Å². The number of carbonyl (C=O) groups is 3. The molecule has 1 amide bonds. The number of esters is 1. The molecule has 3 rings (SSSR count). The summed E-state index contributed by atoms with van der Waals surface area (Å²) in [6.45, 7) is -0.626. The predicted molar refractivity (Wildman–Crippen MR) is 99.8 cm³/mol. The molecule has 0 fully saturated rings. The lowest BCUT2D eigenvalue weighted by Gasteiger charge is -2.28. The molecule has 0 atom stereocenters. The van der Waals surface area contributed by atoms with E-state index in [9.17, 15) is 24.5 Å². The molecule has 2 aromatic rings. The molecule has 0 aliphatic carbocycles. The van der Waals surface area contributed by atoms with Crippen LogP contribution in [0, 0.1) is 10.1 Å². The molecule has 28 heavy (non-hydrogen) atoms. The van der Waals surface area contributed by atoms with Crippen LogP contribution in [0.1, 0.15) is 22.5 Å². The number of nitro groups is 1. The SMILES string of the molecule is O=C(CN1C(=O)COc2ccc([N+](=O)[O-])cc21)OCCCC(=O)c1cccs1. The van der Waals surface area contributed by atoms with Crippen molar-refractivity contribution in [3.05, 3.63) is 50.7 Å². The molecule has 1 aromatic carbocycles. The highest BCUT2D eigenvalue weighted by molar-refractivity contribution is 7.12. The molecule has 0 saturated carbocycles. The lowest BCUT2D eigenvalue weighted by Crippen LogP contribution is -2.42. The first kappa shape index (κ1) is 19.5. The summed E-state index contributed by atoms with van der Waals surface area (Å²) in [5.41, 5.74) is -0.0715. The quantitative estimate of drug-likeness (QED) is 0.218. The van der Waals surface area contributed by atoms with Crippen LogP contribution < -0.4 is 9.64 Å². The second kappa shape index (κ2) is 8.61. The smallest absolute Gasteiger partial charge is 0.326 e. The Hall–Kier alpha value is -3.27. The average molecular weight is 404 g/mol. The zero-order valence-electron chi connectivity index (χ0n) is 14.7. The molecule has 2 heterocycles. The van der Waals surface area contributed by atoms with Crippen LogP contribution in [0.2, 0.25) is 0 Å². The summed E-state index contributed by atoms with van der Waals surface area (Å²) in [5.74, 6) is -0.913. The molecule has 0 radical (unpaired) electrons. The number of nitro benzene ring substituents is 1. The van der Waals surface area contributed by atoms with Crippen LogP contribution in [0.4, 0.5) is 11.4 Å². The van der Waals surface area contributed by atoms with Gasteiger partial charge in [-0.1, -0.05) is 6.07 Å². The van der Waals surface area contributed by atoms with Crippen molar-refractivity contribution in [1.29, 1.82) is 0 Å². The summed E-state index contributed by atoms with van der Waals surface area (Å²) in [5, 5.41) is 12.8. The number of non-ortho nitro benzene ring substituents is 1. The summed E-state index contributed by atoms with van der Waals surface area (Å²) < 4.78 is 10.3. The first-order valence-corrected chi connectivity index (χ1v) is 9.27. The molecule has 0 bridgehead atoms. The standard InChI is InChI=1S/C18H16N2O7S/c21-14(16-4-2-8-28-16)3-1-7-26-18(23)10-19-13-9-12(20(24)25)5-6-15(13)27-11-17(19)22/h2,4-6,8-9H,1,3,7,10-11H2. The summed E-state index contributed by atoms with van der Waals surface area (Å²) in [6, 6.07) is 7.35. The molecule has 1 aliphatic rings. The third kappa shape index (κ3) is 4.52. The largest absolute Gasteiger partial charge is 0.482 e. The molecule has 10 heteroatoms. The number of ether oxygens (including phenoxy) is 2. The van der Waals surface area contributed by atoms with E-state index in [1.807, 2.05) is 5.38 Å². The highest BCUT2D eigenvalue weighted by Gasteiger charge is 2.29. The van der Waals surface area contributed by atoms with Gasteiger partial charge in [0.2, 0.25) is 0 Å². The minimum Gasteiger partial charge on any atom is -0.482 e. The zero-order chi connectivity index (χ0) is 20.1. The number of benzene rings is 1. The molecule has 9 nitrogen and oxygen atoms in total. The molecule has 0 spiro atoms. The van der Waals surface area contributed by atoms with Crippen LogP contribution in [0.3, 0.4) is 0 Å². The van der Waals surface area contributed by atoms with E-state index in [2.05, 4.69) is 0 Å². The minimum absolute atomic E-state index is 0.0179. The lowest BCUT2D eigenvalue weighted by molar-refractivity contribution is -0.384. The van der Waals surface area contributed by atoms with E-state index in [0.29, 0.717) is 11.3 Å². The van der Waals surface area contributed by atoms with Gasteiger partial charge in [0.15, 0.2) is 12.4 Å². The molecule has 0 N–H and O–H groups in total. The second-order valence-electron chi connectivity index (χ2n) is 5.90. The van der Waals surface area contributed by atoms with Crippen LogP contribution in [-0.2, 0) is 14.3 Å². The van der Waals surface area contributed by atoms with Gasteiger partial charge in [-0.3, -0.25) is 29.4 Å². The maximum atomic E-state index is 12.1.